The molecule has 1 heterocycles. The summed E-state index contributed by atoms with van der Waals surface area (Å²) in [6.45, 7) is 2.57. The van der Waals surface area contributed by atoms with Crippen LogP contribution in [0.4, 0.5) is 0 Å². The molecule has 0 bridgehead atoms. The van der Waals surface area contributed by atoms with E-state index >= 15 is 0 Å². The summed E-state index contributed by atoms with van der Waals surface area (Å²) in [7, 11) is 0. The number of nitrogens with zero attached hydrogens (tertiary/aromatic N) is 1. The summed E-state index contributed by atoms with van der Waals surface area (Å²) in [6.07, 6.45) is 3.12. The van der Waals surface area contributed by atoms with Gasteiger partial charge in [0.2, 0.25) is 5.91 Å². The SMILES string of the molecule is CCOC(=O)CCCNC(=O)CCc1ncc(-c2ccccc2Cl)o1. The molecule has 0 unspecified atom stereocenters. The molecule has 0 saturated heterocycles. The minimum absolute atomic E-state index is 0.110. The Bertz CT molecular complexity index is 715. The second kappa shape index (κ2) is 9.84. The normalized spacial score (nSPS) is 10.5. The highest BCUT2D eigenvalue weighted by atomic mass is 35.5. The van der Waals surface area contributed by atoms with Crippen LogP contribution in [0.1, 0.15) is 32.1 Å². The van der Waals surface area contributed by atoms with E-state index in [2.05, 4.69) is 10.3 Å². The molecule has 0 aliphatic heterocycles. The van der Waals surface area contributed by atoms with Crippen molar-refractivity contribution in [2.45, 2.75) is 32.6 Å². The number of rotatable bonds is 9. The number of carbonyl (C=O) groups excluding carboxylic acids is 2. The average Bonchev–Trinajstić information content (AvgIpc) is 3.06. The van der Waals surface area contributed by atoms with Crippen molar-refractivity contribution in [2.75, 3.05) is 13.2 Å². The van der Waals surface area contributed by atoms with Gasteiger partial charge in [-0.1, -0.05) is 23.7 Å². The lowest BCUT2D eigenvalue weighted by molar-refractivity contribution is -0.143. The molecular weight excluding hydrogens is 344 g/mol. The predicted octanol–water partition coefficient (Wildman–Crippen LogP) is 3.39. The Morgan fingerprint density at radius 3 is 2.84 bits per heavy atom. The van der Waals surface area contributed by atoms with Crippen molar-refractivity contribution in [3.63, 3.8) is 0 Å². The van der Waals surface area contributed by atoms with Crippen molar-refractivity contribution in [2.24, 2.45) is 0 Å². The molecule has 1 aromatic heterocycles. The van der Waals surface area contributed by atoms with Crippen molar-refractivity contribution in [3.05, 3.63) is 41.4 Å². The fourth-order valence-electron chi connectivity index (χ4n) is 2.21. The van der Waals surface area contributed by atoms with E-state index in [4.69, 9.17) is 20.8 Å². The zero-order chi connectivity index (χ0) is 18.1. The Morgan fingerprint density at radius 1 is 1.28 bits per heavy atom. The molecule has 0 radical (unpaired) electrons. The minimum Gasteiger partial charge on any atom is -0.466 e. The minimum atomic E-state index is -0.247. The van der Waals surface area contributed by atoms with Crippen LogP contribution in [-0.2, 0) is 20.7 Å². The van der Waals surface area contributed by atoms with E-state index in [1.807, 2.05) is 18.2 Å². The largest absolute Gasteiger partial charge is 0.466 e. The summed E-state index contributed by atoms with van der Waals surface area (Å²) in [4.78, 5) is 27.2. The topological polar surface area (TPSA) is 81.4 Å². The monoisotopic (exact) mass is 364 g/mol. The van der Waals surface area contributed by atoms with E-state index < -0.39 is 0 Å². The number of aromatic nitrogens is 1. The zero-order valence-electron chi connectivity index (χ0n) is 14.1. The van der Waals surface area contributed by atoms with Gasteiger partial charge in [-0.3, -0.25) is 9.59 Å². The fraction of sp³-hybridized carbons (Fsp3) is 0.389. The van der Waals surface area contributed by atoms with Crippen molar-refractivity contribution < 1.29 is 18.7 Å². The summed E-state index contributed by atoms with van der Waals surface area (Å²) in [5.41, 5.74) is 0.770. The number of benzene rings is 1. The molecule has 0 saturated carbocycles. The van der Waals surface area contributed by atoms with Gasteiger partial charge >= 0.3 is 5.97 Å². The Hall–Kier alpha value is -2.34. The molecule has 7 heteroatoms. The van der Waals surface area contributed by atoms with Crippen LogP contribution >= 0.6 is 11.6 Å². The van der Waals surface area contributed by atoms with Crippen LogP contribution in [0.2, 0.25) is 5.02 Å². The summed E-state index contributed by atoms with van der Waals surface area (Å²) in [5, 5.41) is 3.35. The smallest absolute Gasteiger partial charge is 0.305 e. The average molecular weight is 365 g/mol. The number of ether oxygens (including phenoxy) is 1. The lowest BCUT2D eigenvalue weighted by atomic mass is 10.2. The maximum absolute atomic E-state index is 11.8. The van der Waals surface area contributed by atoms with Crippen LogP contribution < -0.4 is 5.32 Å². The maximum atomic E-state index is 11.8. The van der Waals surface area contributed by atoms with Gasteiger partial charge in [-0.2, -0.15) is 0 Å². The number of aryl methyl sites for hydroxylation is 1. The van der Waals surface area contributed by atoms with Crippen LogP contribution in [0.5, 0.6) is 0 Å². The molecule has 1 amide bonds. The number of carbonyl (C=O) groups is 2. The van der Waals surface area contributed by atoms with Gasteiger partial charge in [-0.25, -0.2) is 4.98 Å². The molecule has 2 aromatic rings. The highest BCUT2D eigenvalue weighted by Gasteiger charge is 2.11. The van der Waals surface area contributed by atoms with Gasteiger partial charge in [-0.05, 0) is 25.5 Å². The number of esters is 1. The first-order chi connectivity index (χ1) is 12.1. The lowest BCUT2D eigenvalue weighted by Crippen LogP contribution is -2.25. The second-order valence-corrected chi connectivity index (χ2v) is 5.76. The Balaban J connectivity index is 1.72. The number of amides is 1. The van der Waals surface area contributed by atoms with E-state index in [1.54, 1.807) is 19.2 Å². The van der Waals surface area contributed by atoms with Crippen LogP contribution in [0.25, 0.3) is 11.3 Å². The predicted molar refractivity (Wildman–Crippen MR) is 94.1 cm³/mol. The molecule has 2 rings (SSSR count). The van der Waals surface area contributed by atoms with Gasteiger partial charge < -0.3 is 14.5 Å². The third-order valence-electron chi connectivity index (χ3n) is 3.44. The molecular formula is C18H21ClN2O4. The molecule has 0 aliphatic carbocycles. The number of hydrogen-bond acceptors (Lipinski definition) is 5. The standard InChI is InChI=1S/C18H21ClN2O4/c1-2-24-18(23)8-5-11-20-16(22)9-10-17-21-12-15(25-17)13-6-3-4-7-14(13)19/h3-4,6-7,12H,2,5,8-11H2,1H3,(H,20,22). The number of nitrogens with one attached hydrogen (secondary N) is 1. The molecule has 1 N–H and O–H groups in total. The second-order valence-electron chi connectivity index (χ2n) is 5.36. The molecule has 1 aromatic carbocycles. The molecule has 0 aliphatic rings. The van der Waals surface area contributed by atoms with Gasteiger partial charge in [0.1, 0.15) is 0 Å². The Kier molecular flexibility index (Phi) is 7.47. The number of hydrogen-bond donors (Lipinski definition) is 1. The van der Waals surface area contributed by atoms with Gasteiger partial charge in [0.05, 0.1) is 17.8 Å². The van der Waals surface area contributed by atoms with Crippen molar-refractivity contribution in [3.8, 4) is 11.3 Å². The number of halogens is 1. The van der Waals surface area contributed by atoms with Crippen LogP contribution in [0, 0.1) is 0 Å². The first-order valence-corrected chi connectivity index (χ1v) is 8.60. The van der Waals surface area contributed by atoms with E-state index in [1.165, 1.54) is 0 Å². The molecule has 0 fully saturated rings. The van der Waals surface area contributed by atoms with E-state index in [0.29, 0.717) is 49.1 Å². The number of oxazole rings is 1. The fourth-order valence-corrected chi connectivity index (χ4v) is 2.44. The highest BCUT2D eigenvalue weighted by Crippen LogP contribution is 2.28. The summed E-state index contributed by atoms with van der Waals surface area (Å²) in [5.74, 6) is 0.706. The van der Waals surface area contributed by atoms with Crippen molar-refractivity contribution in [1.82, 2.24) is 10.3 Å². The quantitative estimate of drug-likeness (QED) is 0.545. The van der Waals surface area contributed by atoms with E-state index in [-0.39, 0.29) is 18.3 Å². The maximum Gasteiger partial charge on any atom is 0.305 e. The zero-order valence-corrected chi connectivity index (χ0v) is 14.8. The van der Waals surface area contributed by atoms with Gasteiger partial charge in [0.15, 0.2) is 11.7 Å². The van der Waals surface area contributed by atoms with Crippen molar-refractivity contribution in [1.29, 1.82) is 0 Å². The third kappa shape index (κ3) is 6.23. The molecule has 134 valence electrons. The van der Waals surface area contributed by atoms with Crippen molar-refractivity contribution >= 4 is 23.5 Å². The first-order valence-electron chi connectivity index (χ1n) is 8.22. The summed E-state index contributed by atoms with van der Waals surface area (Å²) < 4.78 is 10.5. The van der Waals surface area contributed by atoms with Gasteiger partial charge in [-0.15, -0.1) is 0 Å². The summed E-state index contributed by atoms with van der Waals surface area (Å²) >= 11 is 6.12. The van der Waals surface area contributed by atoms with Crippen LogP contribution in [-0.4, -0.2) is 30.0 Å². The van der Waals surface area contributed by atoms with Gasteiger partial charge in [0, 0.05) is 31.4 Å². The summed E-state index contributed by atoms with van der Waals surface area (Å²) in [6, 6.07) is 7.34. The van der Waals surface area contributed by atoms with Crippen LogP contribution in [0.3, 0.4) is 0 Å². The molecule has 6 nitrogen and oxygen atoms in total. The highest BCUT2D eigenvalue weighted by molar-refractivity contribution is 6.33. The molecule has 25 heavy (non-hydrogen) atoms. The van der Waals surface area contributed by atoms with E-state index in [0.717, 1.165) is 5.56 Å². The van der Waals surface area contributed by atoms with Crippen LogP contribution in [0.15, 0.2) is 34.9 Å². The Labute approximate surface area is 151 Å². The molecule has 0 spiro atoms. The van der Waals surface area contributed by atoms with E-state index in [9.17, 15) is 9.59 Å². The lowest BCUT2D eigenvalue weighted by Gasteiger charge is -2.04. The van der Waals surface area contributed by atoms with Gasteiger partial charge in [0.25, 0.3) is 0 Å². The third-order valence-corrected chi connectivity index (χ3v) is 3.77. The first kappa shape index (κ1) is 19.0. The molecule has 0 atom stereocenters. The Morgan fingerprint density at radius 2 is 2.08 bits per heavy atom.